The molecule has 0 bridgehead atoms. The third-order valence-corrected chi connectivity index (χ3v) is 3.80. The predicted molar refractivity (Wildman–Crippen MR) is 71.3 cm³/mol. The number of hydrogen-bond donors (Lipinski definition) is 1. The predicted octanol–water partition coefficient (Wildman–Crippen LogP) is 2.85. The van der Waals surface area contributed by atoms with Crippen molar-refractivity contribution in [3.05, 3.63) is 52.0 Å². The van der Waals surface area contributed by atoms with E-state index in [4.69, 9.17) is 0 Å². The van der Waals surface area contributed by atoms with Crippen molar-refractivity contribution >= 4 is 11.3 Å². The van der Waals surface area contributed by atoms with Gasteiger partial charge in [-0.25, -0.2) is 0 Å². The smallest absolute Gasteiger partial charge is 0.0794 e. The van der Waals surface area contributed by atoms with E-state index < -0.39 is 0 Å². The quantitative estimate of drug-likeness (QED) is 0.881. The Bertz CT molecular complexity index is 453. The summed E-state index contributed by atoms with van der Waals surface area (Å²) < 4.78 is 0. The molecule has 0 aliphatic rings. The molecule has 3 heteroatoms. The summed E-state index contributed by atoms with van der Waals surface area (Å²) >= 11 is 1.66. The third kappa shape index (κ3) is 3.38. The van der Waals surface area contributed by atoms with Gasteiger partial charge in [0.05, 0.1) is 5.51 Å². The van der Waals surface area contributed by atoms with Crippen molar-refractivity contribution < 1.29 is 5.11 Å². The molecule has 1 heterocycles. The van der Waals surface area contributed by atoms with E-state index in [0.29, 0.717) is 0 Å². The average Bonchev–Trinajstić information content (AvgIpc) is 2.84. The zero-order valence-electron chi connectivity index (χ0n) is 9.97. The van der Waals surface area contributed by atoms with Crippen LogP contribution in [0.1, 0.15) is 16.0 Å². The van der Waals surface area contributed by atoms with Gasteiger partial charge in [-0.05, 0) is 36.8 Å². The Morgan fingerprint density at radius 1 is 1.29 bits per heavy atom. The maximum absolute atomic E-state index is 9.46. The van der Waals surface area contributed by atoms with Crippen LogP contribution in [0.25, 0.3) is 0 Å². The second-order valence-corrected chi connectivity index (χ2v) is 5.32. The van der Waals surface area contributed by atoms with Gasteiger partial charge in [-0.3, -0.25) is 4.98 Å². The average molecular weight is 247 g/mol. The van der Waals surface area contributed by atoms with Crippen LogP contribution in [0.5, 0.6) is 0 Å². The van der Waals surface area contributed by atoms with Crippen LogP contribution in [0.2, 0.25) is 0 Å². The fourth-order valence-electron chi connectivity index (χ4n) is 1.98. The van der Waals surface area contributed by atoms with Crippen molar-refractivity contribution in [2.24, 2.45) is 5.92 Å². The Labute approximate surface area is 106 Å². The van der Waals surface area contributed by atoms with Gasteiger partial charge < -0.3 is 5.11 Å². The molecule has 0 saturated heterocycles. The first-order valence-corrected chi connectivity index (χ1v) is 6.70. The number of aliphatic hydroxyl groups is 1. The van der Waals surface area contributed by atoms with Gasteiger partial charge in [-0.1, -0.05) is 24.3 Å². The molecule has 0 radical (unpaired) electrons. The van der Waals surface area contributed by atoms with E-state index in [1.807, 2.05) is 11.7 Å². The van der Waals surface area contributed by atoms with Crippen LogP contribution in [-0.4, -0.2) is 16.7 Å². The molecule has 0 spiro atoms. The van der Waals surface area contributed by atoms with Crippen LogP contribution in [0, 0.1) is 12.8 Å². The SMILES string of the molecule is Cc1ccccc1CC(CO)Cc1cncs1. The number of benzene rings is 1. The molecule has 1 aromatic heterocycles. The van der Waals surface area contributed by atoms with E-state index in [1.54, 1.807) is 11.3 Å². The Morgan fingerprint density at radius 3 is 2.76 bits per heavy atom. The minimum atomic E-state index is 0.228. The summed E-state index contributed by atoms with van der Waals surface area (Å²) in [7, 11) is 0. The Kier molecular flexibility index (Phi) is 4.29. The lowest BCUT2D eigenvalue weighted by atomic mass is 9.94. The van der Waals surface area contributed by atoms with E-state index in [9.17, 15) is 5.11 Å². The molecule has 1 atom stereocenters. The van der Waals surface area contributed by atoms with Crippen LogP contribution in [0.15, 0.2) is 36.0 Å². The van der Waals surface area contributed by atoms with E-state index in [0.717, 1.165) is 12.8 Å². The van der Waals surface area contributed by atoms with Crippen LogP contribution >= 0.6 is 11.3 Å². The molecule has 1 N–H and O–H groups in total. The van der Waals surface area contributed by atoms with Gasteiger partial charge >= 0.3 is 0 Å². The largest absolute Gasteiger partial charge is 0.396 e. The number of thiazole rings is 1. The third-order valence-electron chi connectivity index (χ3n) is 3.00. The first-order valence-electron chi connectivity index (χ1n) is 5.82. The highest BCUT2D eigenvalue weighted by atomic mass is 32.1. The number of nitrogens with zero attached hydrogens (tertiary/aromatic N) is 1. The minimum absolute atomic E-state index is 0.228. The molecule has 2 rings (SSSR count). The van der Waals surface area contributed by atoms with Crippen LogP contribution in [0.4, 0.5) is 0 Å². The molecule has 1 unspecified atom stereocenters. The van der Waals surface area contributed by atoms with Gasteiger partial charge in [0.1, 0.15) is 0 Å². The highest BCUT2D eigenvalue weighted by Gasteiger charge is 2.11. The summed E-state index contributed by atoms with van der Waals surface area (Å²) in [4.78, 5) is 5.32. The zero-order valence-corrected chi connectivity index (χ0v) is 10.8. The number of hydrogen-bond acceptors (Lipinski definition) is 3. The first kappa shape index (κ1) is 12.3. The molecule has 90 valence electrons. The van der Waals surface area contributed by atoms with E-state index in [2.05, 4.69) is 36.2 Å². The molecule has 0 aliphatic carbocycles. The summed E-state index contributed by atoms with van der Waals surface area (Å²) in [6, 6.07) is 8.38. The van der Waals surface area contributed by atoms with Crippen molar-refractivity contribution in [1.82, 2.24) is 4.98 Å². The lowest BCUT2D eigenvalue weighted by Crippen LogP contribution is -2.13. The Balaban J connectivity index is 2.03. The van der Waals surface area contributed by atoms with Crippen molar-refractivity contribution in [3.63, 3.8) is 0 Å². The number of aryl methyl sites for hydroxylation is 1. The van der Waals surface area contributed by atoms with Gasteiger partial charge in [0.2, 0.25) is 0 Å². The summed E-state index contributed by atoms with van der Waals surface area (Å²) in [5, 5.41) is 9.46. The van der Waals surface area contributed by atoms with Gasteiger partial charge in [0.15, 0.2) is 0 Å². The first-order chi connectivity index (χ1) is 8.29. The lowest BCUT2D eigenvalue weighted by Gasteiger charge is -2.14. The summed E-state index contributed by atoms with van der Waals surface area (Å²) in [6.45, 7) is 2.35. The van der Waals surface area contributed by atoms with Crippen molar-refractivity contribution in [3.8, 4) is 0 Å². The van der Waals surface area contributed by atoms with Gasteiger partial charge in [0.25, 0.3) is 0 Å². The molecular formula is C14H17NOS. The molecule has 2 nitrogen and oxygen atoms in total. The highest BCUT2D eigenvalue weighted by molar-refractivity contribution is 7.09. The maximum Gasteiger partial charge on any atom is 0.0794 e. The van der Waals surface area contributed by atoms with E-state index in [1.165, 1.54) is 16.0 Å². The molecule has 0 aliphatic heterocycles. The fourth-order valence-corrected chi connectivity index (χ4v) is 2.69. The van der Waals surface area contributed by atoms with E-state index in [-0.39, 0.29) is 12.5 Å². The standard InChI is InChI=1S/C14H17NOS/c1-11-4-2-3-5-13(11)6-12(9-16)7-14-8-15-10-17-14/h2-5,8,10,12,16H,6-7,9H2,1H3. The molecule has 0 fully saturated rings. The Morgan fingerprint density at radius 2 is 2.12 bits per heavy atom. The molecule has 17 heavy (non-hydrogen) atoms. The normalized spacial score (nSPS) is 12.6. The van der Waals surface area contributed by atoms with Crippen molar-refractivity contribution in [2.75, 3.05) is 6.61 Å². The molecule has 1 aromatic carbocycles. The van der Waals surface area contributed by atoms with Gasteiger partial charge in [0, 0.05) is 17.7 Å². The summed E-state index contributed by atoms with van der Waals surface area (Å²) in [5.41, 5.74) is 4.48. The van der Waals surface area contributed by atoms with Gasteiger partial charge in [-0.2, -0.15) is 0 Å². The number of aromatic nitrogens is 1. The molecule has 2 aromatic rings. The molecule has 0 amide bonds. The minimum Gasteiger partial charge on any atom is -0.396 e. The van der Waals surface area contributed by atoms with Crippen LogP contribution < -0.4 is 0 Å². The van der Waals surface area contributed by atoms with E-state index >= 15 is 0 Å². The van der Waals surface area contributed by atoms with Crippen LogP contribution in [-0.2, 0) is 12.8 Å². The highest BCUT2D eigenvalue weighted by Crippen LogP contribution is 2.18. The maximum atomic E-state index is 9.46. The fraction of sp³-hybridized carbons (Fsp3) is 0.357. The van der Waals surface area contributed by atoms with Crippen LogP contribution in [0.3, 0.4) is 0 Å². The van der Waals surface area contributed by atoms with Crippen molar-refractivity contribution in [1.29, 1.82) is 0 Å². The second kappa shape index (κ2) is 5.94. The summed E-state index contributed by atoms with van der Waals surface area (Å²) in [5.74, 6) is 0.288. The summed E-state index contributed by atoms with van der Waals surface area (Å²) in [6.07, 6.45) is 3.74. The number of rotatable bonds is 5. The van der Waals surface area contributed by atoms with Gasteiger partial charge in [-0.15, -0.1) is 11.3 Å². The topological polar surface area (TPSA) is 33.1 Å². The van der Waals surface area contributed by atoms with Crippen molar-refractivity contribution in [2.45, 2.75) is 19.8 Å². The monoisotopic (exact) mass is 247 g/mol. The second-order valence-electron chi connectivity index (χ2n) is 4.35. The molecule has 0 saturated carbocycles. The molecular weight excluding hydrogens is 230 g/mol. The lowest BCUT2D eigenvalue weighted by molar-refractivity contribution is 0.225. The Hall–Kier alpha value is -1.19. The number of aliphatic hydroxyl groups excluding tert-OH is 1. The zero-order chi connectivity index (χ0) is 12.1.